The molecule has 0 aliphatic carbocycles. The fraction of sp³-hybridized carbons (Fsp3) is 0.400. The van der Waals surface area contributed by atoms with E-state index in [9.17, 15) is 14.4 Å². The average molecular weight is 384 g/mol. The number of carbonyl (C=O) groups is 3. The van der Waals surface area contributed by atoms with E-state index in [-0.39, 0.29) is 30.3 Å². The standard InChI is InChI=1S/C20H24N4O4/c1-13-10-17(14(2)28-13)20(27)22-12-18(25)24-8-5-16(6-9-24)23-19(26)15-4-3-7-21-11-15/h3-4,7,10-11,16H,5-6,8-9,12H2,1-2H3,(H,22,27)(H,23,26). The molecule has 8 heteroatoms. The first-order chi connectivity index (χ1) is 13.4. The quantitative estimate of drug-likeness (QED) is 0.812. The lowest BCUT2D eigenvalue weighted by molar-refractivity contribution is -0.131. The number of aromatic nitrogens is 1. The monoisotopic (exact) mass is 384 g/mol. The highest BCUT2D eigenvalue weighted by molar-refractivity contribution is 5.97. The topological polar surface area (TPSA) is 105 Å². The number of amides is 3. The van der Waals surface area contributed by atoms with Gasteiger partial charge in [0.25, 0.3) is 11.8 Å². The zero-order chi connectivity index (χ0) is 20.1. The lowest BCUT2D eigenvalue weighted by Gasteiger charge is -2.32. The summed E-state index contributed by atoms with van der Waals surface area (Å²) in [6.07, 6.45) is 4.49. The number of aryl methyl sites for hydroxylation is 2. The van der Waals surface area contributed by atoms with E-state index in [1.807, 2.05) is 0 Å². The first-order valence-electron chi connectivity index (χ1n) is 9.28. The predicted octanol–water partition coefficient (Wildman–Crippen LogP) is 1.44. The second-order valence-electron chi connectivity index (χ2n) is 6.88. The Hall–Kier alpha value is -3.16. The third kappa shape index (κ3) is 4.76. The van der Waals surface area contributed by atoms with Crippen molar-refractivity contribution in [2.45, 2.75) is 32.7 Å². The molecule has 3 amide bonds. The molecule has 0 unspecified atom stereocenters. The van der Waals surface area contributed by atoms with Gasteiger partial charge in [0.15, 0.2) is 0 Å². The van der Waals surface area contributed by atoms with Crippen LogP contribution in [-0.2, 0) is 4.79 Å². The van der Waals surface area contributed by atoms with E-state index in [1.165, 1.54) is 6.20 Å². The zero-order valence-electron chi connectivity index (χ0n) is 16.0. The number of rotatable bonds is 5. The van der Waals surface area contributed by atoms with Gasteiger partial charge in [0.2, 0.25) is 5.91 Å². The van der Waals surface area contributed by atoms with Crippen LogP contribution in [0.25, 0.3) is 0 Å². The lowest BCUT2D eigenvalue weighted by atomic mass is 10.0. The van der Waals surface area contributed by atoms with E-state index in [0.29, 0.717) is 48.6 Å². The van der Waals surface area contributed by atoms with Gasteiger partial charge < -0.3 is 20.0 Å². The fourth-order valence-corrected chi connectivity index (χ4v) is 3.26. The van der Waals surface area contributed by atoms with Crippen molar-refractivity contribution in [1.82, 2.24) is 20.5 Å². The number of furan rings is 1. The van der Waals surface area contributed by atoms with Crippen LogP contribution in [0.3, 0.4) is 0 Å². The van der Waals surface area contributed by atoms with Crippen LogP contribution in [0.4, 0.5) is 0 Å². The van der Waals surface area contributed by atoms with Crippen LogP contribution in [0, 0.1) is 13.8 Å². The first-order valence-corrected chi connectivity index (χ1v) is 9.28. The summed E-state index contributed by atoms with van der Waals surface area (Å²) in [5.41, 5.74) is 0.968. The highest BCUT2D eigenvalue weighted by Gasteiger charge is 2.24. The number of nitrogens with one attached hydrogen (secondary N) is 2. The molecule has 2 N–H and O–H groups in total. The molecule has 148 valence electrons. The summed E-state index contributed by atoms with van der Waals surface area (Å²) in [6, 6.07) is 5.11. The fourth-order valence-electron chi connectivity index (χ4n) is 3.26. The molecule has 0 radical (unpaired) electrons. The van der Waals surface area contributed by atoms with Crippen molar-refractivity contribution in [3.05, 3.63) is 53.2 Å². The van der Waals surface area contributed by atoms with Crippen molar-refractivity contribution in [3.8, 4) is 0 Å². The number of piperidine rings is 1. The molecule has 1 saturated heterocycles. The Balaban J connectivity index is 1.43. The summed E-state index contributed by atoms with van der Waals surface area (Å²) in [5.74, 6) is 0.581. The first kappa shape index (κ1) is 19.6. The Morgan fingerprint density at radius 1 is 1.21 bits per heavy atom. The van der Waals surface area contributed by atoms with Gasteiger partial charge >= 0.3 is 0 Å². The molecule has 3 rings (SSSR count). The summed E-state index contributed by atoms with van der Waals surface area (Å²) in [7, 11) is 0. The molecule has 1 fully saturated rings. The second-order valence-corrected chi connectivity index (χ2v) is 6.88. The Kier molecular flexibility index (Phi) is 6.08. The molecule has 8 nitrogen and oxygen atoms in total. The molecule has 1 aliphatic rings. The van der Waals surface area contributed by atoms with Crippen molar-refractivity contribution >= 4 is 17.7 Å². The van der Waals surface area contributed by atoms with E-state index < -0.39 is 0 Å². The van der Waals surface area contributed by atoms with Crippen molar-refractivity contribution in [2.75, 3.05) is 19.6 Å². The molecule has 0 saturated carbocycles. The van der Waals surface area contributed by atoms with Gasteiger partial charge in [-0.25, -0.2) is 0 Å². The normalized spacial score (nSPS) is 14.6. The number of pyridine rings is 1. The molecule has 0 bridgehead atoms. The average Bonchev–Trinajstić information content (AvgIpc) is 3.05. The van der Waals surface area contributed by atoms with Crippen LogP contribution in [0.15, 0.2) is 35.0 Å². The van der Waals surface area contributed by atoms with Gasteiger partial charge in [0, 0.05) is 31.5 Å². The van der Waals surface area contributed by atoms with Gasteiger partial charge in [-0.3, -0.25) is 19.4 Å². The predicted molar refractivity (Wildman–Crippen MR) is 102 cm³/mol. The van der Waals surface area contributed by atoms with Gasteiger partial charge in [-0.15, -0.1) is 0 Å². The van der Waals surface area contributed by atoms with Gasteiger partial charge in [0.1, 0.15) is 11.5 Å². The van der Waals surface area contributed by atoms with Gasteiger partial charge in [-0.05, 0) is 44.9 Å². The summed E-state index contributed by atoms with van der Waals surface area (Å²) < 4.78 is 5.34. The number of hydrogen-bond acceptors (Lipinski definition) is 5. The summed E-state index contributed by atoms with van der Waals surface area (Å²) >= 11 is 0. The third-order valence-electron chi connectivity index (χ3n) is 4.79. The maximum atomic E-state index is 12.4. The van der Waals surface area contributed by atoms with Crippen LogP contribution in [-0.4, -0.2) is 53.3 Å². The zero-order valence-corrected chi connectivity index (χ0v) is 16.0. The molecule has 2 aromatic rings. The largest absolute Gasteiger partial charge is 0.466 e. The molecule has 0 aromatic carbocycles. The van der Waals surface area contributed by atoms with Gasteiger partial charge in [-0.1, -0.05) is 0 Å². The maximum Gasteiger partial charge on any atom is 0.255 e. The highest BCUT2D eigenvalue weighted by Crippen LogP contribution is 2.14. The second kappa shape index (κ2) is 8.69. The van der Waals surface area contributed by atoms with E-state index in [2.05, 4.69) is 15.6 Å². The summed E-state index contributed by atoms with van der Waals surface area (Å²) in [6.45, 7) is 4.50. The van der Waals surface area contributed by atoms with E-state index in [4.69, 9.17) is 4.42 Å². The molecule has 0 spiro atoms. The minimum Gasteiger partial charge on any atom is -0.466 e. The summed E-state index contributed by atoms with van der Waals surface area (Å²) in [4.78, 5) is 42.4. The van der Waals surface area contributed by atoms with Crippen LogP contribution >= 0.6 is 0 Å². The minimum absolute atomic E-state index is 0.0166. The SMILES string of the molecule is Cc1cc(C(=O)NCC(=O)N2CCC(NC(=O)c3cccnc3)CC2)c(C)o1. The van der Waals surface area contributed by atoms with E-state index in [1.54, 1.807) is 43.1 Å². The van der Waals surface area contributed by atoms with Crippen molar-refractivity contribution in [3.63, 3.8) is 0 Å². The van der Waals surface area contributed by atoms with Gasteiger partial charge in [0.05, 0.1) is 17.7 Å². The third-order valence-corrected chi connectivity index (χ3v) is 4.79. The highest BCUT2D eigenvalue weighted by atomic mass is 16.3. The number of nitrogens with zero attached hydrogens (tertiary/aromatic N) is 2. The van der Waals surface area contributed by atoms with Gasteiger partial charge in [-0.2, -0.15) is 0 Å². The molecular formula is C20H24N4O4. The molecular weight excluding hydrogens is 360 g/mol. The van der Waals surface area contributed by atoms with Crippen LogP contribution in [0.1, 0.15) is 45.1 Å². The molecule has 3 heterocycles. The molecule has 28 heavy (non-hydrogen) atoms. The molecule has 2 aromatic heterocycles. The van der Waals surface area contributed by atoms with Crippen LogP contribution in [0.2, 0.25) is 0 Å². The van der Waals surface area contributed by atoms with Crippen molar-refractivity contribution in [2.24, 2.45) is 0 Å². The van der Waals surface area contributed by atoms with Crippen LogP contribution in [0.5, 0.6) is 0 Å². The Morgan fingerprint density at radius 2 is 1.96 bits per heavy atom. The molecule has 0 atom stereocenters. The van der Waals surface area contributed by atoms with E-state index >= 15 is 0 Å². The number of carbonyl (C=O) groups excluding carboxylic acids is 3. The van der Waals surface area contributed by atoms with Crippen LogP contribution < -0.4 is 10.6 Å². The minimum atomic E-state index is -0.318. The lowest BCUT2D eigenvalue weighted by Crippen LogP contribution is -2.49. The number of likely N-dealkylation sites (tertiary alicyclic amines) is 1. The Morgan fingerprint density at radius 3 is 2.57 bits per heavy atom. The maximum absolute atomic E-state index is 12.4. The van der Waals surface area contributed by atoms with E-state index in [0.717, 1.165) is 0 Å². The summed E-state index contributed by atoms with van der Waals surface area (Å²) in [5, 5.41) is 5.63. The Bertz CT molecular complexity index is 854. The Labute approximate surface area is 163 Å². The van der Waals surface area contributed by atoms with Crippen molar-refractivity contribution in [1.29, 1.82) is 0 Å². The van der Waals surface area contributed by atoms with Crippen molar-refractivity contribution < 1.29 is 18.8 Å². The smallest absolute Gasteiger partial charge is 0.255 e. The number of hydrogen-bond donors (Lipinski definition) is 2. The molecule has 1 aliphatic heterocycles.